The average molecular weight is 210 g/mol. The highest BCUT2D eigenvalue weighted by Gasteiger charge is 2.05. The Morgan fingerprint density at radius 3 is 2.86 bits per heavy atom. The van der Waals surface area contributed by atoms with Gasteiger partial charge < -0.3 is 5.73 Å². The van der Waals surface area contributed by atoms with Crippen molar-refractivity contribution in [3.8, 4) is 0 Å². The molecule has 2 N–H and O–H groups in total. The van der Waals surface area contributed by atoms with Gasteiger partial charge in [-0.3, -0.25) is 0 Å². The largest absolute Gasteiger partial charge is 0.397 e. The van der Waals surface area contributed by atoms with E-state index < -0.39 is 0 Å². The molecule has 0 fully saturated rings. The topological polar surface area (TPSA) is 38.9 Å². The third-order valence-corrected chi connectivity index (χ3v) is 3.57. The molecule has 0 saturated heterocycles. The van der Waals surface area contributed by atoms with Gasteiger partial charge >= 0.3 is 0 Å². The molecule has 0 amide bonds. The highest BCUT2D eigenvalue weighted by Crippen LogP contribution is 2.25. The van der Waals surface area contributed by atoms with Gasteiger partial charge in [0.25, 0.3) is 0 Å². The zero-order chi connectivity index (χ0) is 10.6. The van der Waals surface area contributed by atoms with Crippen molar-refractivity contribution in [1.29, 1.82) is 0 Å². The Morgan fingerprint density at radius 2 is 2.21 bits per heavy atom. The Kier molecular flexibility index (Phi) is 4.26. The lowest BCUT2D eigenvalue weighted by atomic mass is 10.2. The van der Waals surface area contributed by atoms with Crippen molar-refractivity contribution in [2.75, 3.05) is 11.5 Å². The van der Waals surface area contributed by atoms with Crippen LogP contribution in [0, 0.1) is 12.8 Å². The molecule has 78 valence electrons. The molecule has 0 bridgehead atoms. The van der Waals surface area contributed by atoms with Gasteiger partial charge in [-0.05, 0) is 25.0 Å². The van der Waals surface area contributed by atoms with Gasteiger partial charge in [-0.2, -0.15) is 0 Å². The van der Waals surface area contributed by atoms with Crippen LogP contribution in [-0.2, 0) is 0 Å². The molecule has 14 heavy (non-hydrogen) atoms. The van der Waals surface area contributed by atoms with Crippen LogP contribution in [0.3, 0.4) is 0 Å². The highest BCUT2D eigenvalue weighted by molar-refractivity contribution is 7.99. The van der Waals surface area contributed by atoms with Gasteiger partial charge in [-0.25, -0.2) is 4.98 Å². The van der Waals surface area contributed by atoms with E-state index in [0.717, 1.165) is 28.1 Å². The first-order valence-electron chi connectivity index (χ1n) is 4.99. The summed E-state index contributed by atoms with van der Waals surface area (Å²) in [6, 6.07) is 3.88. The summed E-state index contributed by atoms with van der Waals surface area (Å²) in [6.07, 6.45) is 1.21. The molecule has 0 saturated carbocycles. The van der Waals surface area contributed by atoms with Crippen LogP contribution in [0.25, 0.3) is 0 Å². The van der Waals surface area contributed by atoms with E-state index in [1.165, 1.54) is 6.42 Å². The summed E-state index contributed by atoms with van der Waals surface area (Å²) >= 11 is 1.76. The van der Waals surface area contributed by atoms with E-state index in [0.29, 0.717) is 0 Å². The summed E-state index contributed by atoms with van der Waals surface area (Å²) in [6.45, 7) is 6.45. The number of nitrogens with zero attached hydrogens (tertiary/aromatic N) is 1. The summed E-state index contributed by atoms with van der Waals surface area (Å²) in [5.41, 5.74) is 7.66. The molecular formula is C11H18N2S. The maximum Gasteiger partial charge on any atom is 0.119 e. The van der Waals surface area contributed by atoms with Gasteiger partial charge in [0, 0.05) is 11.4 Å². The predicted molar refractivity (Wildman–Crippen MR) is 63.6 cm³/mol. The number of nitrogens with two attached hydrogens (primary N) is 1. The first-order valence-corrected chi connectivity index (χ1v) is 5.98. The van der Waals surface area contributed by atoms with E-state index in [1.807, 2.05) is 19.1 Å². The molecule has 0 aliphatic rings. The Balaban J connectivity index is 2.62. The molecule has 1 unspecified atom stereocenters. The molecule has 1 aromatic rings. The molecule has 1 atom stereocenters. The Labute approximate surface area is 90.3 Å². The molecule has 0 aliphatic carbocycles. The molecule has 0 spiro atoms. The Hall–Kier alpha value is -0.700. The van der Waals surface area contributed by atoms with Crippen molar-refractivity contribution in [3.63, 3.8) is 0 Å². The quantitative estimate of drug-likeness (QED) is 0.776. The molecule has 1 rings (SSSR count). The van der Waals surface area contributed by atoms with E-state index in [2.05, 4.69) is 18.8 Å². The molecule has 0 aliphatic heterocycles. The minimum atomic E-state index is 0.724. The fourth-order valence-electron chi connectivity index (χ4n) is 0.998. The van der Waals surface area contributed by atoms with Gasteiger partial charge in [0.15, 0.2) is 0 Å². The number of aryl methyl sites for hydroxylation is 1. The summed E-state index contributed by atoms with van der Waals surface area (Å²) in [5.74, 6) is 1.82. The average Bonchev–Trinajstić information content (AvgIpc) is 2.19. The SMILES string of the molecule is CCC(C)CSc1nc(C)ccc1N. The standard InChI is InChI=1S/C11H18N2S/c1-4-8(2)7-14-11-10(12)6-5-9(3)13-11/h5-6,8H,4,7,12H2,1-3H3. The van der Waals surface area contributed by atoms with Crippen LogP contribution in [0.4, 0.5) is 5.69 Å². The summed E-state index contributed by atoms with van der Waals surface area (Å²) in [5, 5.41) is 0.977. The van der Waals surface area contributed by atoms with Crippen LogP contribution in [0.1, 0.15) is 26.0 Å². The first-order chi connectivity index (χ1) is 6.63. The lowest BCUT2D eigenvalue weighted by Gasteiger charge is -2.09. The van der Waals surface area contributed by atoms with E-state index in [4.69, 9.17) is 5.73 Å². The highest BCUT2D eigenvalue weighted by atomic mass is 32.2. The summed E-state index contributed by atoms with van der Waals surface area (Å²) in [7, 11) is 0. The second kappa shape index (κ2) is 5.25. The van der Waals surface area contributed by atoms with Gasteiger partial charge in [-0.15, -0.1) is 11.8 Å². The number of hydrogen-bond acceptors (Lipinski definition) is 3. The number of nitrogen functional groups attached to an aromatic ring is 1. The Morgan fingerprint density at radius 1 is 1.50 bits per heavy atom. The number of anilines is 1. The smallest absolute Gasteiger partial charge is 0.119 e. The minimum absolute atomic E-state index is 0.724. The minimum Gasteiger partial charge on any atom is -0.397 e. The predicted octanol–water partition coefficient (Wildman–Crippen LogP) is 3.11. The van der Waals surface area contributed by atoms with Crippen molar-refractivity contribution in [3.05, 3.63) is 17.8 Å². The van der Waals surface area contributed by atoms with E-state index in [9.17, 15) is 0 Å². The number of rotatable bonds is 4. The number of aromatic nitrogens is 1. The molecule has 1 aromatic heterocycles. The molecule has 3 heteroatoms. The van der Waals surface area contributed by atoms with Crippen LogP contribution in [-0.4, -0.2) is 10.7 Å². The molecule has 0 aromatic carbocycles. The monoisotopic (exact) mass is 210 g/mol. The Bertz CT molecular complexity index is 299. The zero-order valence-electron chi connectivity index (χ0n) is 9.08. The van der Waals surface area contributed by atoms with E-state index in [-0.39, 0.29) is 0 Å². The third kappa shape index (κ3) is 3.22. The van der Waals surface area contributed by atoms with Gasteiger partial charge in [0.1, 0.15) is 5.03 Å². The fourth-order valence-corrected chi connectivity index (χ4v) is 2.12. The number of hydrogen-bond donors (Lipinski definition) is 1. The van der Waals surface area contributed by atoms with Crippen LogP contribution in [0.15, 0.2) is 17.2 Å². The van der Waals surface area contributed by atoms with Crippen LogP contribution in [0.2, 0.25) is 0 Å². The van der Waals surface area contributed by atoms with Crippen molar-refractivity contribution in [2.24, 2.45) is 5.92 Å². The van der Waals surface area contributed by atoms with Crippen LogP contribution < -0.4 is 5.73 Å². The second-order valence-electron chi connectivity index (χ2n) is 3.67. The van der Waals surface area contributed by atoms with Crippen molar-refractivity contribution in [2.45, 2.75) is 32.2 Å². The maximum absolute atomic E-state index is 5.83. The lowest BCUT2D eigenvalue weighted by molar-refractivity contribution is 0.636. The second-order valence-corrected chi connectivity index (χ2v) is 4.68. The van der Waals surface area contributed by atoms with E-state index >= 15 is 0 Å². The van der Waals surface area contributed by atoms with Crippen molar-refractivity contribution < 1.29 is 0 Å². The third-order valence-electron chi connectivity index (χ3n) is 2.23. The van der Waals surface area contributed by atoms with Crippen molar-refractivity contribution >= 4 is 17.4 Å². The number of thioether (sulfide) groups is 1. The van der Waals surface area contributed by atoms with Gasteiger partial charge in [-0.1, -0.05) is 20.3 Å². The molecule has 1 heterocycles. The molecule has 2 nitrogen and oxygen atoms in total. The summed E-state index contributed by atoms with van der Waals surface area (Å²) in [4.78, 5) is 4.42. The van der Waals surface area contributed by atoms with Crippen molar-refractivity contribution in [1.82, 2.24) is 4.98 Å². The zero-order valence-corrected chi connectivity index (χ0v) is 9.90. The van der Waals surface area contributed by atoms with E-state index in [1.54, 1.807) is 11.8 Å². The maximum atomic E-state index is 5.83. The normalized spacial score (nSPS) is 12.8. The van der Waals surface area contributed by atoms with Gasteiger partial charge in [0.05, 0.1) is 5.69 Å². The molecular weight excluding hydrogens is 192 g/mol. The van der Waals surface area contributed by atoms with Crippen LogP contribution >= 0.6 is 11.8 Å². The first kappa shape index (κ1) is 11.4. The summed E-state index contributed by atoms with van der Waals surface area (Å²) < 4.78 is 0. The lowest BCUT2D eigenvalue weighted by Crippen LogP contribution is -1.99. The number of pyridine rings is 1. The van der Waals surface area contributed by atoms with Gasteiger partial charge in [0.2, 0.25) is 0 Å². The fraction of sp³-hybridized carbons (Fsp3) is 0.545. The van der Waals surface area contributed by atoms with Crippen LogP contribution in [0.5, 0.6) is 0 Å². The molecule has 0 radical (unpaired) electrons.